The van der Waals surface area contributed by atoms with Gasteiger partial charge in [0.1, 0.15) is 0 Å². The van der Waals surface area contributed by atoms with Gasteiger partial charge in [0.05, 0.1) is 6.04 Å². The summed E-state index contributed by atoms with van der Waals surface area (Å²) in [7, 11) is 0. The molecule has 0 spiro atoms. The number of halogens is 3. The van der Waals surface area contributed by atoms with Gasteiger partial charge in [-0.3, -0.25) is 0 Å². The molecule has 0 saturated carbocycles. The molecule has 0 saturated heterocycles. The lowest BCUT2D eigenvalue weighted by atomic mass is 9.96. The Labute approximate surface area is 140 Å². The Morgan fingerprint density at radius 1 is 1.11 bits per heavy atom. The first-order valence-electron chi connectivity index (χ1n) is 5.87. The molecule has 19 heavy (non-hydrogen) atoms. The number of hydrogen-bond donors (Lipinski definition) is 1. The van der Waals surface area contributed by atoms with Gasteiger partial charge in [0.25, 0.3) is 0 Å². The minimum Gasteiger partial charge on any atom is -0.320 e. The van der Waals surface area contributed by atoms with E-state index in [1.165, 1.54) is 11.1 Å². The highest BCUT2D eigenvalue weighted by Crippen LogP contribution is 2.32. The number of aryl methyl sites for hydroxylation is 2. The standard InChI is InChI=1S/C15H14BrClIN/c1-8-5-11(13(17)6-9(8)2)15(19)12-7-10(16)3-4-14(12)18/h3-7,15H,19H2,1-2H3. The smallest absolute Gasteiger partial charge is 0.0577 e. The molecule has 0 amide bonds. The third-order valence-electron chi connectivity index (χ3n) is 3.24. The molecular formula is C15H14BrClIN. The maximum atomic E-state index is 6.40. The van der Waals surface area contributed by atoms with Crippen LogP contribution in [0, 0.1) is 17.4 Å². The summed E-state index contributed by atoms with van der Waals surface area (Å²) in [5, 5.41) is 0.728. The Morgan fingerprint density at radius 3 is 2.42 bits per heavy atom. The molecule has 2 N–H and O–H groups in total. The number of hydrogen-bond acceptors (Lipinski definition) is 1. The summed E-state index contributed by atoms with van der Waals surface area (Å²) in [5.41, 5.74) is 10.8. The second-order valence-corrected chi connectivity index (χ2v) is 7.09. The van der Waals surface area contributed by atoms with Gasteiger partial charge < -0.3 is 5.73 Å². The minimum atomic E-state index is -0.212. The van der Waals surface area contributed by atoms with Gasteiger partial charge in [-0.15, -0.1) is 0 Å². The molecular weight excluding hydrogens is 436 g/mol. The van der Waals surface area contributed by atoms with Gasteiger partial charge in [-0.1, -0.05) is 33.6 Å². The maximum absolute atomic E-state index is 6.40. The fourth-order valence-corrected chi connectivity index (χ4v) is 3.35. The van der Waals surface area contributed by atoms with Gasteiger partial charge in [-0.2, -0.15) is 0 Å². The van der Waals surface area contributed by atoms with E-state index in [0.717, 1.165) is 24.2 Å². The fourth-order valence-electron chi connectivity index (χ4n) is 1.96. The summed E-state index contributed by atoms with van der Waals surface area (Å²) in [6.07, 6.45) is 0. The molecule has 1 unspecified atom stereocenters. The monoisotopic (exact) mass is 449 g/mol. The summed E-state index contributed by atoms with van der Waals surface area (Å²) in [5.74, 6) is 0. The highest BCUT2D eigenvalue weighted by Gasteiger charge is 2.16. The van der Waals surface area contributed by atoms with Crippen LogP contribution in [0.3, 0.4) is 0 Å². The molecule has 0 aromatic heterocycles. The molecule has 1 nitrogen and oxygen atoms in total. The van der Waals surface area contributed by atoms with E-state index in [0.29, 0.717) is 0 Å². The zero-order valence-electron chi connectivity index (χ0n) is 10.7. The second kappa shape index (κ2) is 6.12. The molecule has 4 heteroatoms. The summed E-state index contributed by atoms with van der Waals surface area (Å²) >= 11 is 12.1. The topological polar surface area (TPSA) is 26.0 Å². The Kier molecular flexibility index (Phi) is 4.93. The quantitative estimate of drug-likeness (QED) is 0.612. The van der Waals surface area contributed by atoms with Crippen LogP contribution in [-0.2, 0) is 0 Å². The van der Waals surface area contributed by atoms with Crippen LogP contribution in [0.5, 0.6) is 0 Å². The molecule has 1 atom stereocenters. The summed E-state index contributed by atoms with van der Waals surface area (Å²) < 4.78 is 2.17. The number of rotatable bonds is 2. The van der Waals surface area contributed by atoms with Crippen LogP contribution < -0.4 is 5.73 Å². The van der Waals surface area contributed by atoms with E-state index >= 15 is 0 Å². The van der Waals surface area contributed by atoms with Crippen LogP contribution in [0.4, 0.5) is 0 Å². The van der Waals surface area contributed by atoms with Crippen molar-refractivity contribution in [2.24, 2.45) is 5.73 Å². The van der Waals surface area contributed by atoms with Crippen LogP contribution in [0.2, 0.25) is 5.02 Å². The minimum absolute atomic E-state index is 0.212. The van der Waals surface area contributed by atoms with Crippen molar-refractivity contribution >= 4 is 50.1 Å². The first kappa shape index (κ1) is 15.3. The van der Waals surface area contributed by atoms with Gasteiger partial charge in [0.15, 0.2) is 0 Å². The summed E-state index contributed by atoms with van der Waals surface area (Å²) in [4.78, 5) is 0. The molecule has 0 aliphatic carbocycles. The van der Waals surface area contributed by atoms with Crippen molar-refractivity contribution in [2.75, 3.05) is 0 Å². The number of nitrogens with two attached hydrogens (primary N) is 1. The van der Waals surface area contributed by atoms with E-state index in [1.807, 2.05) is 12.1 Å². The summed E-state index contributed by atoms with van der Waals surface area (Å²) in [6, 6.07) is 9.97. The van der Waals surface area contributed by atoms with E-state index in [1.54, 1.807) is 0 Å². The van der Waals surface area contributed by atoms with Crippen molar-refractivity contribution in [3.05, 3.63) is 65.7 Å². The normalized spacial score (nSPS) is 12.5. The molecule has 2 rings (SSSR count). The predicted octanol–water partition coefficient (Wildman–Crippen LogP) is 5.37. The van der Waals surface area contributed by atoms with Crippen LogP contribution >= 0.6 is 50.1 Å². The molecule has 0 fully saturated rings. The molecule has 100 valence electrons. The molecule has 2 aromatic rings. The third kappa shape index (κ3) is 3.32. The van der Waals surface area contributed by atoms with E-state index in [-0.39, 0.29) is 6.04 Å². The fraction of sp³-hybridized carbons (Fsp3) is 0.200. The van der Waals surface area contributed by atoms with Crippen molar-refractivity contribution in [3.8, 4) is 0 Å². The molecule has 2 aromatic carbocycles. The first-order valence-corrected chi connectivity index (χ1v) is 8.12. The van der Waals surface area contributed by atoms with Gasteiger partial charge in [-0.05, 0) is 83.0 Å². The van der Waals surface area contributed by atoms with Crippen molar-refractivity contribution in [2.45, 2.75) is 19.9 Å². The first-order chi connectivity index (χ1) is 8.90. The third-order valence-corrected chi connectivity index (χ3v) is 5.04. The molecule has 0 aliphatic heterocycles. The SMILES string of the molecule is Cc1cc(Cl)c(C(N)c2cc(Br)ccc2I)cc1C. The average molecular weight is 451 g/mol. The second-order valence-electron chi connectivity index (χ2n) is 4.60. The van der Waals surface area contributed by atoms with E-state index in [2.05, 4.69) is 70.6 Å². The lowest BCUT2D eigenvalue weighted by Gasteiger charge is -2.18. The molecule has 0 aliphatic rings. The van der Waals surface area contributed by atoms with Crippen LogP contribution in [-0.4, -0.2) is 0 Å². The van der Waals surface area contributed by atoms with Gasteiger partial charge in [0, 0.05) is 13.1 Å². The zero-order valence-corrected chi connectivity index (χ0v) is 15.2. The Hall–Kier alpha value is -0.100. The van der Waals surface area contributed by atoms with Crippen molar-refractivity contribution in [1.29, 1.82) is 0 Å². The molecule has 0 heterocycles. The van der Waals surface area contributed by atoms with E-state index < -0.39 is 0 Å². The molecule has 0 bridgehead atoms. The number of benzene rings is 2. The highest BCUT2D eigenvalue weighted by molar-refractivity contribution is 14.1. The van der Waals surface area contributed by atoms with E-state index in [4.69, 9.17) is 17.3 Å². The van der Waals surface area contributed by atoms with Crippen molar-refractivity contribution < 1.29 is 0 Å². The van der Waals surface area contributed by atoms with Crippen LogP contribution in [0.1, 0.15) is 28.3 Å². The Morgan fingerprint density at radius 2 is 1.74 bits per heavy atom. The lowest BCUT2D eigenvalue weighted by Crippen LogP contribution is -2.14. The zero-order chi connectivity index (χ0) is 14.2. The van der Waals surface area contributed by atoms with Crippen molar-refractivity contribution in [1.82, 2.24) is 0 Å². The van der Waals surface area contributed by atoms with Gasteiger partial charge >= 0.3 is 0 Å². The van der Waals surface area contributed by atoms with Gasteiger partial charge in [-0.25, -0.2) is 0 Å². The van der Waals surface area contributed by atoms with Crippen LogP contribution in [0.25, 0.3) is 0 Å². The largest absolute Gasteiger partial charge is 0.320 e. The van der Waals surface area contributed by atoms with Crippen molar-refractivity contribution in [3.63, 3.8) is 0 Å². The van der Waals surface area contributed by atoms with Gasteiger partial charge in [0.2, 0.25) is 0 Å². The highest BCUT2D eigenvalue weighted by atomic mass is 127. The van der Waals surface area contributed by atoms with E-state index in [9.17, 15) is 0 Å². The average Bonchev–Trinajstić information content (AvgIpc) is 2.36. The predicted molar refractivity (Wildman–Crippen MR) is 93.8 cm³/mol. The van der Waals surface area contributed by atoms with Crippen LogP contribution in [0.15, 0.2) is 34.8 Å². The molecule has 0 radical (unpaired) electrons. The lowest BCUT2D eigenvalue weighted by molar-refractivity contribution is 0.862. The maximum Gasteiger partial charge on any atom is 0.0577 e. The Balaban J connectivity index is 2.52. The Bertz CT molecular complexity index is 628. The summed E-state index contributed by atoms with van der Waals surface area (Å²) in [6.45, 7) is 4.13.